The molecule has 1 aromatic carbocycles. The second-order valence-corrected chi connectivity index (χ2v) is 10.6. The van der Waals surface area contributed by atoms with Crippen LogP contribution in [0, 0.1) is 12.8 Å². The van der Waals surface area contributed by atoms with Crippen LogP contribution in [-0.4, -0.2) is 45.6 Å². The minimum Gasteiger partial charge on any atom is -0.336 e. The molecular weight excluding hydrogens is 502 g/mol. The summed E-state index contributed by atoms with van der Waals surface area (Å²) in [5.74, 6) is 1.18. The number of carbonyl (C=O) groups is 1. The molecule has 3 N–H and O–H groups in total. The summed E-state index contributed by atoms with van der Waals surface area (Å²) in [5.41, 5.74) is 7.34. The molecule has 1 fully saturated rings. The highest BCUT2D eigenvalue weighted by atomic mass is 16.1. The molecule has 5 heterocycles. The number of pyridine rings is 2. The summed E-state index contributed by atoms with van der Waals surface area (Å²) >= 11 is 0. The lowest BCUT2D eigenvalue weighted by Crippen LogP contribution is -2.18. The number of aromatic amines is 2. The van der Waals surface area contributed by atoms with Crippen LogP contribution in [0.5, 0.6) is 0 Å². The monoisotopic (exact) mass is 531 g/mol. The number of H-pyrrole nitrogens is 2. The molecule has 0 saturated heterocycles. The van der Waals surface area contributed by atoms with Gasteiger partial charge in [-0.1, -0.05) is 25.3 Å². The zero-order valence-corrected chi connectivity index (χ0v) is 22.2. The van der Waals surface area contributed by atoms with Crippen molar-refractivity contribution in [3.63, 3.8) is 0 Å². The Morgan fingerprint density at radius 2 is 1.98 bits per heavy atom. The van der Waals surface area contributed by atoms with E-state index in [2.05, 4.69) is 35.5 Å². The predicted octanol–water partition coefficient (Wildman–Crippen LogP) is 5.97. The Hall–Kier alpha value is -4.86. The van der Waals surface area contributed by atoms with Crippen molar-refractivity contribution in [3.05, 3.63) is 67.1 Å². The summed E-state index contributed by atoms with van der Waals surface area (Å²) < 4.78 is 1.97. The number of para-hydroxylation sites is 1. The van der Waals surface area contributed by atoms with Crippen LogP contribution in [0.2, 0.25) is 0 Å². The molecule has 1 amide bonds. The molecule has 0 aliphatic heterocycles. The number of hydrogen-bond acceptors (Lipinski definition) is 6. The Labute approximate surface area is 230 Å². The number of anilines is 1. The van der Waals surface area contributed by atoms with E-state index < -0.39 is 0 Å². The number of benzene rings is 1. The topological polar surface area (TPSA) is 130 Å². The third-order valence-electron chi connectivity index (χ3n) is 7.67. The number of aromatic nitrogens is 8. The highest BCUT2D eigenvalue weighted by Gasteiger charge is 2.19. The van der Waals surface area contributed by atoms with Crippen LogP contribution in [0.25, 0.3) is 50.4 Å². The molecule has 0 atom stereocenters. The summed E-state index contributed by atoms with van der Waals surface area (Å²) in [6.07, 6.45) is 15.5. The minimum atomic E-state index is 0.0430. The summed E-state index contributed by atoms with van der Waals surface area (Å²) in [6, 6.07) is 9.91. The smallest absolute Gasteiger partial charge is 0.224 e. The van der Waals surface area contributed by atoms with Crippen LogP contribution < -0.4 is 5.32 Å². The number of rotatable bonds is 6. The molecule has 40 heavy (non-hydrogen) atoms. The molecule has 1 aliphatic rings. The summed E-state index contributed by atoms with van der Waals surface area (Å²) in [5, 5.41) is 11.6. The predicted molar refractivity (Wildman–Crippen MR) is 154 cm³/mol. The van der Waals surface area contributed by atoms with E-state index in [1.165, 1.54) is 19.3 Å². The van der Waals surface area contributed by atoms with Crippen molar-refractivity contribution in [1.29, 1.82) is 0 Å². The third-order valence-corrected chi connectivity index (χ3v) is 7.67. The molecule has 0 radical (unpaired) electrons. The number of nitrogens with one attached hydrogen (secondary N) is 3. The van der Waals surface area contributed by atoms with Crippen molar-refractivity contribution in [3.8, 4) is 28.5 Å². The van der Waals surface area contributed by atoms with Crippen LogP contribution >= 0.6 is 0 Å². The van der Waals surface area contributed by atoms with Gasteiger partial charge in [0.1, 0.15) is 11.2 Å². The molecule has 10 nitrogen and oxygen atoms in total. The van der Waals surface area contributed by atoms with E-state index in [0.717, 1.165) is 57.4 Å². The van der Waals surface area contributed by atoms with Crippen LogP contribution in [-0.2, 0) is 4.79 Å². The number of carbonyl (C=O) groups excluding carboxylic acids is 1. The number of imidazole rings is 2. The van der Waals surface area contributed by atoms with Crippen molar-refractivity contribution < 1.29 is 4.79 Å². The van der Waals surface area contributed by atoms with E-state index in [1.807, 2.05) is 48.0 Å². The number of hydrogen-bond donors (Lipinski definition) is 3. The molecule has 200 valence electrons. The van der Waals surface area contributed by atoms with Gasteiger partial charge in [0.25, 0.3) is 0 Å². The second-order valence-electron chi connectivity index (χ2n) is 10.6. The molecule has 10 heteroatoms. The van der Waals surface area contributed by atoms with Crippen molar-refractivity contribution in [1.82, 2.24) is 39.7 Å². The van der Waals surface area contributed by atoms with E-state index >= 15 is 0 Å². The van der Waals surface area contributed by atoms with Gasteiger partial charge in [0.2, 0.25) is 5.91 Å². The normalized spacial score (nSPS) is 14.2. The van der Waals surface area contributed by atoms with Crippen LogP contribution in [0.4, 0.5) is 5.69 Å². The van der Waals surface area contributed by atoms with Gasteiger partial charge in [0.15, 0.2) is 5.82 Å². The van der Waals surface area contributed by atoms with E-state index in [9.17, 15) is 4.79 Å². The van der Waals surface area contributed by atoms with Gasteiger partial charge in [-0.25, -0.2) is 9.97 Å². The first-order valence-corrected chi connectivity index (χ1v) is 13.7. The van der Waals surface area contributed by atoms with Gasteiger partial charge in [-0.3, -0.25) is 19.9 Å². The fraction of sp³-hybridized carbons (Fsp3) is 0.267. The number of fused-ring (bicyclic) bond motifs is 2. The highest BCUT2D eigenvalue weighted by Crippen LogP contribution is 2.31. The Balaban J connectivity index is 1.19. The van der Waals surface area contributed by atoms with E-state index in [1.54, 1.807) is 24.9 Å². The van der Waals surface area contributed by atoms with Gasteiger partial charge in [-0.15, -0.1) is 0 Å². The van der Waals surface area contributed by atoms with Crippen LogP contribution in [0.1, 0.15) is 44.2 Å². The number of aryl methyl sites for hydroxylation is 1. The SMILES string of the molecule is Cc1cn(-c2cccc3[nH]c(-c4n[nH]c5cnc(-c6cncc(NC(=O)CC7CCCCC7)c6)cc45)nc23)cn1. The quantitative estimate of drug-likeness (QED) is 0.243. The lowest BCUT2D eigenvalue weighted by molar-refractivity contribution is -0.117. The van der Waals surface area contributed by atoms with Gasteiger partial charge in [0, 0.05) is 29.8 Å². The van der Waals surface area contributed by atoms with Crippen molar-refractivity contribution in [2.75, 3.05) is 5.32 Å². The van der Waals surface area contributed by atoms with Gasteiger partial charge >= 0.3 is 0 Å². The molecule has 1 saturated carbocycles. The second kappa shape index (κ2) is 10.0. The van der Waals surface area contributed by atoms with E-state index in [-0.39, 0.29) is 5.91 Å². The first-order chi connectivity index (χ1) is 19.6. The maximum atomic E-state index is 12.7. The lowest BCUT2D eigenvalue weighted by Gasteiger charge is -2.20. The lowest BCUT2D eigenvalue weighted by atomic mass is 9.87. The summed E-state index contributed by atoms with van der Waals surface area (Å²) in [4.78, 5) is 34.4. The van der Waals surface area contributed by atoms with Crippen LogP contribution in [0.3, 0.4) is 0 Å². The molecule has 0 bridgehead atoms. The third kappa shape index (κ3) is 4.61. The average Bonchev–Trinajstić information content (AvgIpc) is 3.71. The zero-order valence-electron chi connectivity index (χ0n) is 22.2. The fourth-order valence-electron chi connectivity index (χ4n) is 5.66. The maximum absolute atomic E-state index is 12.7. The Bertz CT molecular complexity index is 1840. The van der Waals surface area contributed by atoms with E-state index in [0.29, 0.717) is 29.5 Å². The molecule has 1 aliphatic carbocycles. The molecule has 6 aromatic rings. The zero-order chi connectivity index (χ0) is 27.1. The molecule has 0 spiro atoms. The van der Waals surface area contributed by atoms with E-state index in [4.69, 9.17) is 4.98 Å². The van der Waals surface area contributed by atoms with Crippen molar-refractivity contribution in [2.45, 2.75) is 45.4 Å². The largest absolute Gasteiger partial charge is 0.336 e. The van der Waals surface area contributed by atoms with Gasteiger partial charge in [-0.05, 0) is 49.9 Å². The molecule has 7 rings (SSSR count). The van der Waals surface area contributed by atoms with Gasteiger partial charge < -0.3 is 14.9 Å². The Morgan fingerprint density at radius 3 is 2.83 bits per heavy atom. The maximum Gasteiger partial charge on any atom is 0.224 e. The Kier molecular flexibility index (Phi) is 6.07. The summed E-state index contributed by atoms with van der Waals surface area (Å²) in [7, 11) is 0. The minimum absolute atomic E-state index is 0.0430. The average molecular weight is 532 g/mol. The highest BCUT2D eigenvalue weighted by molar-refractivity contribution is 5.96. The Morgan fingerprint density at radius 1 is 1.07 bits per heavy atom. The first kappa shape index (κ1) is 24.2. The number of nitrogens with zero attached hydrogens (tertiary/aromatic N) is 6. The molecular formula is C30H29N9O. The van der Waals surface area contributed by atoms with Gasteiger partial charge in [-0.2, -0.15) is 5.10 Å². The molecule has 0 unspecified atom stereocenters. The fourth-order valence-corrected chi connectivity index (χ4v) is 5.66. The van der Waals surface area contributed by atoms with Gasteiger partial charge in [0.05, 0.1) is 52.5 Å². The summed E-state index contributed by atoms with van der Waals surface area (Å²) in [6.45, 7) is 1.96. The van der Waals surface area contributed by atoms with Crippen molar-refractivity contribution >= 4 is 33.5 Å². The first-order valence-electron chi connectivity index (χ1n) is 13.7. The van der Waals surface area contributed by atoms with Crippen molar-refractivity contribution in [2.24, 2.45) is 5.92 Å². The van der Waals surface area contributed by atoms with Crippen LogP contribution in [0.15, 0.2) is 61.4 Å². The number of amides is 1. The molecule has 5 aromatic heterocycles. The standard InChI is InChI=1S/C30H29N9O/c1-18-16-39(17-33-18)26-9-5-8-23-29(26)36-30(35-23)28-22-12-24(32-15-25(22)37-38-28)20-11-21(14-31-13-20)34-27(40)10-19-6-3-2-4-7-19/h5,8-9,11-17,19H,2-4,6-7,10H2,1H3,(H,34,40)(H,35,36)(H,37,38).